The Bertz CT molecular complexity index is 435. The highest BCUT2D eigenvalue weighted by Crippen LogP contribution is 2.25. The van der Waals surface area contributed by atoms with Gasteiger partial charge in [0.1, 0.15) is 5.69 Å². The molecule has 4 nitrogen and oxygen atoms in total. The highest BCUT2D eigenvalue weighted by Gasteiger charge is 2.14. The number of aromatic nitrogens is 3. The maximum atomic E-state index is 5.70. The van der Waals surface area contributed by atoms with Crippen molar-refractivity contribution in [1.82, 2.24) is 15.2 Å². The van der Waals surface area contributed by atoms with Gasteiger partial charge in [0, 0.05) is 12.1 Å². The van der Waals surface area contributed by atoms with Crippen LogP contribution in [0.2, 0.25) is 0 Å². The molecule has 0 radical (unpaired) electrons. The van der Waals surface area contributed by atoms with Crippen molar-refractivity contribution in [2.75, 3.05) is 0 Å². The molecular weight excluding hydrogens is 202 g/mol. The molecule has 0 unspecified atom stereocenters. The van der Waals surface area contributed by atoms with Crippen molar-refractivity contribution >= 4 is 0 Å². The first kappa shape index (κ1) is 10.8. The molecule has 2 heterocycles. The van der Waals surface area contributed by atoms with Gasteiger partial charge in [-0.3, -0.25) is 0 Å². The maximum absolute atomic E-state index is 5.70. The molecule has 0 fully saturated rings. The van der Waals surface area contributed by atoms with E-state index in [9.17, 15) is 0 Å². The van der Waals surface area contributed by atoms with Gasteiger partial charge in [0.2, 0.25) is 0 Å². The van der Waals surface area contributed by atoms with E-state index in [2.05, 4.69) is 29.0 Å². The highest BCUT2D eigenvalue weighted by molar-refractivity contribution is 5.49. The lowest BCUT2D eigenvalue weighted by atomic mass is 10.0. The van der Waals surface area contributed by atoms with Crippen LogP contribution >= 0.6 is 0 Å². The van der Waals surface area contributed by atoms with Gasteiger partial charge in [-0.15, -0.1) is 5.10 Å². The summed E-state index contributed by atoms with van der Waals surface area (Å²) in [7, 11) is 0. The first-order chi connectivity index (χ1) is 7.85. The van der Waals surface area contributed by atoms with Crippen LogP contribution in [-0.2, 0) is 0 Å². The fraction of sp³-hybridized carbons (Fsp3) is 0.417. The third-order valence-electron chi connectivity index (χ3n) is 2.68. The molecule has 2 rings (SSSR count). The summed E-state index contributed by atoms with van der Waals surface area (Å²) in [5.74, 6) is 1.88. The Morgan fingerprint density at radius 2 is 2.12 bits per heavy atom. The second-order valence-corrected chi connectivity index (χ2v) is 3.69. The lowest BCUT2D eigenvalue weighted by Crippen LogP contribution is -1.94. The van der Waals surface area contributed by atoms with Crippen LogP contribution in [0.1, 0.15) is 38.5 Å². The van der Waals surface area contributed by atoms with Crippen molar-refractivity contribution in [2.24, 2.45) is 0 Å². The quantitative estimate of drug-likeness (QED) is 0.789. The van der Waals surface area contributed by atoms with Crippen molar-refractivity contribution < 1.29 is 4.42 Å². The lowest BCUT2D eigenvalue weighted by molar-refractivity contribution is 0.438. The minimum Gasteiger partial charge on any atom is -0.439 e. The van der Waals surface area contributed by atoms with Crippen molar-refractivity contribution in [3.05, 3.63) is 30.4 Å². The summed E-state index contributed by atoms with van der Waals surface area (Å²) in [5, 5.41) is 7.81. The van der Waals surface area contributed by atoms with Crippen molar-refractivity contribution in [1.29, 1.82) is 0 Å². The number of nitrogens with zero attached hydrogens (tertiary/aromatic N) is 3. The molecule has 0 aromatic carbocycles. The molecule has 16 heavy (non-hydrogen) atoms. The molecular formula is C12H15N3O. The Hall–Kier alpha value is -1.71. The fourth-order valence-electron chi connectivity index (χ4n) is 1.67. The van der Waals surface area contributed by atoms with Gasteiger partial charge in [-0.1, -0.05) is 13.8 Å². The summed E-state index contributed by atoms with van der Waals surface area (Å²) < 4.78 is 5.70. The Balaban J connectivity index is 2.26. The second kappa shape index (κ2) is 4.88. The average Bonchev–Trinajstić information content (AvgIpc) is 2.81. The van der Waals surface area contributed by atoms with Gasteiger partial charge in [0.15, 0.2) is 11.7 Å². The molecule has 84 valence electrons. The van der Waals surface area contributed by atoms with Crippen LogP contribution in [-0.4, -0.2) is 15.2 Å². The van der Waals surface area contributed by atoms with Gasteiger partial charge in [0.05, 0.1) is 6.20 Å². The van der Waals surface area contributed by atoms with Gasteiger partial charge in [-0.2, -0.15) is 5.10 Å². The standard InChI is InChI=1S/C12H15N3O/c1-3-9(4-2)12-13-8-11(16-12)10-6-5-7-14-15-10/h5-9H,3-4H2,1-2H3. The molecule has 0 bridgehead atoms. The fourth-order valence-corrected chi connectivity index (χ4v) is 1.67. The largest absolute Gasteiger partial charge is 0.439 e. The first-order valence-corrected chi connectivity index (χ1v) is 5.59. The first-order valence-electron chi connectivity index (χ1n) is 5.59. The van der Waals surface area contributed by atoms with E-state index in [-0.39, 0.29) is 0 Å². The molecule has 0 saturated carbocycles. The number of hydrogen-bond acceptors (Lipinski definition) is 4. The van der Waals surface area contributed by atoms with Gasteiger partial charge >= 0.3 is 0 Å². The van der Waals surface area contributed by atoms with E-state index >= 15 is 0 Å². The van der Waals surface area contributed by atoms with Crippen LogP contribution in [0.3, 0.4) is 0 Å². The Kier molecular flexibility index (Phi) is 3.29. The smallest absolute Gasteiger partial charge is 0.198 e. The van der Waals surface area contributed by atoms with Crippen molar-refractivity contribution in [2.45, 2.75) is 32.6 Å². The normalized spacial score (nSPS) is 10.9. The van der Waals surface area contributed by atoms with E-state index in [1.807, 2.05) is 12.1 Å². The number of hydrogen-bond donors (Lipinski definition) is 0. The second-order valence-electron chi connectivity index (χ2n) is 3.69. The average molecular weight is 217 g/mol. The predicted octanol–water partition coefficient (Wildman–Crippen LogP) is 3.04. The molecule has 0 aliphatic heterocycles. The Labute approximate surface area is 94.7 Å². The molecule has 2 aromatic rings. The van der Waals surface area contributed by atoms with Gasteiger partial charge in [-0.05, 0) is 25.0 Å². The Morgan fingerprint density at radius 3 is 2.75 bits per heavy atom. The zero-order valence-electron chi connectivity index (χ0n) is 9.55. The van der Waals surface area contributed by atoms with E-state index in [0.29, 0.717) is 11.7 Å². The van der Waals surface area contributed by atoms with Crippen LogP contribution in [0.15, 0.2) is 28.9 Å². The molecule has 0 amide bonds. The van der Waals surface area contributed by atoms with E-state index in [1.54, 1.807) is 12.4 Å². The minimum absolute atomic E-state index is 0.394. The molecule has 0 spiro atoms. The number of oxazole rings is 1. The molecule has 4 heteroatoms. The third-order valence-corrected chi connectivity index (χ3v) is 2.68. The maximum Gasteiger partial charge on any atom is 0.198 e. The molecule has 0 aliphatic carbocycles. The van der Waals surface area contributed by atoms with Gasteiger partial charge < -0.3 is 4.42 Å². The summed E-state index contributed by atoms with van der Waals surface area (Å²) in [4.78, 5) is 4.30. The zero-order chi connectivity index (χ0) is 11.4. The van der Waals surface area contributed by atoms with Crippen LogP contribution in [0.25, 0.3) is 11.5 Å². The third kappa shape index (κ3) is 2.10. The monoisotopic (exact) mass is 217 g/mol. The van der Waals surface area contributed by atoms with Crippen LogP contribution in [0.4, 0.5) is 0 Å². The molecule has 0 saturated heterocycles. The van der Waals surface area contributed by atoms with Crippen LogP contribution in [0, 0.1) is 0 Å². The Morgan fingerprint density at radius 1 is 1.31 bits per heavy atom. The van der Waals surface area contributed by atoms with Crippen LogP contribution < -0.4 is 0 Å². The van der Waals surface area contributed by atoms with Gasteiger partial charge in [-0.25, -0.2) is 4.98 Å². The van der Waals surface area contributed by atoms with Crippen LogP contribution in [0.5, 0.6) is 0 Å². The van der Waals surface area contributed by atoms with E-state index in [0.717, 1.165) is 24.4 Å². The van der Waals surface area contributed by atoms with Crippen molar-refractivity contribution in [3.63, 3.8) is 0 Å². The summed E-state index contributed by atoms with van der Waals surface area (Å²) in [6.07, 6.45) is 5.44. The van der Waals surface area contributed by atoms with Crippen molar-refractivity contribution in [3.8, 4) is 11.5 Å². The lowest BCUT2D eigenvalue weighted by Gasteiger charge is -2.05. The van der Waals surface area contributed by atoms with E-state index in [4.69, 9.17) is 4.42 Å². The summed E-state index contributed by atoms with van der Waals surface area (Å²) in [6, 6.07) is 3.70. The SMILES string of the molecule is CCC(CC)c1ncc(-c2cccnn2)o1. The predicted molar refractivity (Wildman–Crippen MR) is 60.9 cm³/mol. The molecule has 0 atom stereocenters. The molecule has 2 aromatic heterocycles. The van der Waals surface area contributed by atoms with Gasteiger partial charge in [0.25, 0.3) is 0 Å². The molecule has 0 N–H and O–H groups in total. The van der Waals surface area contributed by atoms with E-state index < -0.39 is 0 Å². The summed E-state index contributed by atoms with van der Waals surface area (Å²) in [6.45, 7) is 4.28. The minimum atomic E-state index is 0.394. The summed E-state index contributed by atoms with van der Waals surface area (Å²) in [5.41, 5.74) is 0.729. The highest BCUT2D eigenvalue weighted by atomic mass is 16.4. The topological polar surface area (TPSA) is 51.8 Å². The summed E-state index contributed by atoms with van der Waals surface area (Å²) >= 11 is 0. The number of rotatable bonds is 4. The van der Waals surface area contributed by atoms with E-state index in [1.165, 1.54) is 0 Å². The molecule has 0 aliphatic rings. The zero-order valence-corrected chi connectivity index (χ0v) is 9.55.